The zero-order chi connectivity index (χ0) is 11.9. The minimum absolute atomic E-state index is 1.04. The standard InChI is InChI=1S/C17H19/c1-2-3-4-5-6-9-15-12-13-16-10-7-8-11-17(16)14-15/h1-2,7-8,10-14H,3-6,9H2. The molecule has 0 unspecified atom stereocenters. The van der Waals surface area contributed by atoms with Gasteiger partial charge in [0.25, 0.3) is 0 Å². The van der Waals surface area contributed by atoms with Crippen LogP contribution in [0.1, 0.15) is 31.2 Å². The first-order chi connectivity index (χ1) is 8.40. The van der Waals surface area contributed by atoms with Crippen molar-refractivity contribution in [3.8, 4) is 0 Å². The zero-order valence-electron chi connectivity index (χ0n) is 10.2. The van der Waals surface area contributed by atoms with Gasteiger partial charge in [-0.3, -0.25) is 0 Å². The van der Waals surface area contributed by atoms with Crippen molar-refractivity contribution in [1.82, 2.24) is 0 Å². The fraction of sp³-hybridized carbons (Fsp3) is 0.294. The van der Waals surface area contributed by atoms with E-state index in [1.54, 1.807) is 6.08 Å². The van der Waals surface area contributed by atoms with Crippen molar-refractivity contribution >= 4 is 10.8 Å². The van der Waals surface area contributed by atoms with Gasteiger partial charge < -0.3 is 0 Å². The third-order valence-electron chi connectivity index (χ3n) is 3.15. The number of hydrogen-bond donors (Lipinski definition) is 0. The molecule has 2 rings (SSSR count). The summed E-state index contributed by atoms with van der Waals surface area (Å²) in [4.78, 5) is 0. The van der Waals surface area contributed by atoms with Crippen LogP contribution >= 0.6 is 0 Å². The van der Waals surface area contributed by atoms with Crippen molar-refractivity contribution in [2.24, 2.45) is 0 Å². The fourth-order valence-electron chi connectivity index (χ4n) is 2.16. The number of fused-ring (bicyclic) bond motifs is 1. The van der Waals surface area contributed by atoms with E-state index in [2.05, 4.69) is 42.5 Å². The molecule has 1 radical (unpaired) electrons. The molecule has 17 heavy (non-hydrogen) atoms. The van der Waals surface area contributed by atoms with Crippen molar-refractivity contribution in [3.63, 3.8) is 0 Å². The Bertz CT molecular complexity index is 482. The molecule has 2 aromatic carbocycles. The summed E-state index contributed by atoms with van der Waals surface area (Å²) < 4.78 is 0. The lowest BCUT2D eigenvalue weighted by Gasteiger charge is -2.03. The SMILES string of the molecule is [CH]=CCCCCCc1ccc2ccccc2c1. The minimum Gasteiger partial charge on any atom is -0.0845 e. The molecule has 0 heteroatoms. The maximum Gasteiger partial charge on any atom is -0.0181 e. The molecule has 0 aliphatic heterocycles. The Morgan fingerprint density at radius 1 is 0.882 bits per heavy atom. The van der Waals surface area contributed by atoms with Crippen molar-refractivity contribution in [2.75, 3.05) is 0 Å². The summed E-state index contributed by atoms with van der Waals surface area (Å²) >= 11 is 0. The molecule has 0 N–H and O–H groups in total. The summed E-state index contributed by atoms with van der Waals surface area (Å²) in [6, 6.07) is 15.3. The molecule has 0 heterocycles. The Hall–Kier alpha value is -1.56. The normalized spacial score (nSPS) is 10.6. The van der Waals surface area contributed by atoms with Crippen LogP contribution < -0.4 is 0 Å². The Labute approximate surface area is 104 Å². The molecular formula is C17H19. The van der Waals surface area contributed by atoms with Gasteiger partial charge in [0.05, 0.1) is 0 Å². The Kier molecular flexibility index (Phi) is 4.37. The Morgan fingerprint density at radius 2 is 1.71 bits per heavy atom. The third-order valence-corrected chi connectivity index (χ3v) is 3.15. The van der Waals surface area contributed by atoms with Crippen LogP contribution in [-0.4, -0.2) is 0 Å². The average molecular weight is 223 g/mol. The van der Waals surface area contributed by atoms with Crippen molar-refractivity contribution in [2.45, 2.75) is 32.1 Å². The maximum absolute atomic E-state index is 5.36. The van der Waals surface area contributed by atoms with Gasteiger partial charge >= 0.3 is 0 Å². The summed E-state index contributed by atoms with van der Waals surface area (Å²) in [6.07, 6.45) is 7.71. The highest BCUT2D eigenvalue weighted by Crippen LogP contribution is 2.17. The predicted molar refractivity (Wildman–Crippen MR) is 75.0 cm³/mol. The molecule has 0 atom stereocenters. The minimum atomic E-state index is 1.04. The van der Waals surface area contributed by atoms with Gasteiger partial charge in [0, 0.05) is 0 Å². The van der Waals surface area contributed by atoms with Crippen molar-refractivity contribution in [3.05, 3.63) is 60.7 Å². The van der Waals surface area contributed by atoms with Crippen LogP contribution in [-0.2, 0) is 6.42 Å². The van der Waals surface area contributed by atoms with Gasteiger partial charge in [0.15, 0.2) is 0 Å². The van der Waals surface area contributed by atoms with Gasteiger partial charge in [-0.05, 0) is 42.0 Å². The second-order valence-corrected chi connectivity index (χ2v) is 4.52. The Balaban J connectivity index is 1.92. The third kappa shape index (κ3) is 3.45. The quantitative estimate of drug-likeness (QED) is 0.609. The molecule has 0 aliphatic rings. The maximum atomic E-state index is 5.36. The van der Waals surface area contributed by atoms with Gasteiger partial charge in [-0.25, -0.2) is 0 Å². The van der Waals surface area contributed by atoms with Gasteiger partial charge in [0.2, 0.25) is 0 Å². The molecule has 87 valence electrons. The number of allylic oxidation sites excluding steroid dienone is 1. The molecule has 0 aromatic heterocycles. The van der Waals surface area contributed by atoms with Crippen LogP contribution in [0.5, 0.6) is 0 Å². The molecule has 0 aliphatic carbocycles. The van der Waals surface area contributed by atoms with Crippen LogP contribution in [0.3, 0.4) is 0 Å². The molecule has 0 amide bonds. The van der Waals surface area contributed by atoms with Crippen LogP contribution in [0, 0.1) is 6.58 Å². The van der Waals surface area contributed by atoms with Crippen LogP contribution in [0.15, 0.2) is 48.5 Å². The molecular weight excluding hydrogens is 204 g/mol. The molecule has 0 bridgehead atoms. The number of rotatable bonds is 6. The second kappa shape index (κ2) is 6.24. The van der Waals surface area contributed by atoms with E-state index in [0.29, 0.717) is 0 Å². The Morgan fingerprint density at radius 3 is 2.53 bits per heavy atom. The smallest absolute Gasteiger partial charge is 0.0181 e. The first-order valence-electron chi connectivity index (χ1n) is 6.41. The highest BCUT2D eigenvalue weighted by molar-refractivity contribution is 5.82. The molecule has 0 saturated carbocycles. The van der Waals surface area contributed by atoms with Crippen LogP contribution in [0.4, 0.5) is 0 Å². The average Bonchev–Trinajstić information content (AvgIpc) is 2.38. The van der Waals surface area contributed by atoms with E-state index in [1.165, 1.54) is 42.0 Å². The van der Waals surface area contributed by atoms with Gasteiger partial charge in [-0.2, -0.15) is 0 Å². The molecule has 0 fully saturated rings. The van der Waals surface area contributed by atoms with Gasteiger partial charge in [-0.1, -0.05) is 61.5 Å². The van der Waals surface area contributed by atoms with Crippen LogP contribution in [0.2, 0.25) is 0 Å². The monoisotopic (exact) mass is 223 g/mol. The molecule has 0 saturated heterocycles. The van der Waals surface area contributed by atoms with E-state index in [-0.39, 0.29) is 0 Å². The van der Waals surface area contributed by atoms with E-state index in [4.69, 9.17) is 6.58 Å². The van der Waals surface area contributed by atoms with Crippen molar-refractivity contribution < 1.29 is 0 Å². The van der Waals surface area contributed by atoms with Crippen LogP contribution in [0.25, 0.3) is 10.8 Å². The lowest BCUT2D eigenvalue weighted by Crippen LogP contribution is -1.86. The zero-order valence-corrected chi connectivity index (χ0v) is 10.2. The summed E-state index contributed by atoms with van der Waals surface area (Å²) in [5.74, 6) is 0. The highest BCUT2D eigenvalue weighted by Gasteiger charge is 1.96. The molecule has 0 nitrogen and oxygen atoms in total. The second-order valence-electron chi connectivity index (χ2n) is 4.52. The predicted octanol–water partition coefficient (Wildman–Crippen LogP) is 4.93. The molecule has 0 spiro atoms. The molecule has 2 aromatic rings. The number of aryl methyl sites for hydroxylation is 1. The highest BCUT2D eigenvalue weighted by atomic mass is 14.0. The largest absolute Gasteiger partial charge is 0.0845 e. The number of benzene rings is 2. The first kappa shape index (κ1) is 11.9. The topological polar surface area (TPSA) is 0 Å². The lowest BCUT2D eigenvalue weighted by molar-refractivity contribution is 0.687. The van der Waals surface area contributed by atoms with Gasteiger partial charge in [0.1, 0.15) is 0 Å². The number of unbranched alkanes of at least 4 members (excludes halogenated alkanes) is 3. The van der Waals surface area contributed by atoms with Crippen molar-refractivity contribution in [1.29, 1.82) is 0 Å². The number of hydrogen-bond acceptors (Lipinski definition) is 0. The van der Waals surface area contributed by atoms with E-state index < -0.39 is 0 Å². The lowest BCUT2D eigenvalue weighted by atomic mass is 10.0. The van der Waals surface area contributed by atoms with E-state index >= 15 is 0 Å². The van der Waals surface area contributed by atoms with E-state index in [9.17, 15) is 0 Å². The summed E-state index contributed by atoms with van der Waals surface area (Å²) in [5.41, 5.74) is 1.44. The fourth-order valence-corrected chi connectivity index (χ4v) is 2.16. The summed E-state index contributed by atoms with van der Waals surface area (Å²) in [7, 11) is 0. The van der Waals surface area contributed by atoms with E-state index in [0.717, 1.165) is 6.42 Å². The first-order valence-corrected chi connectivity index (χ1v) is 6.41. The van der Waals surface area contributed by atoms with E-state index in [1.807, 2.05) is 0 Å². The summed E-state index contributed by atoms with van der Waals surface area (Å²) in [6.45, 7) is 5.36. The summed E-state index contributed by atoms with van der Waals surface area (Å²) in [5, 5.41) is 2.68. The van der Waals surface area contributed by atoms with Gasteiger partial charge in [-0.15, -0.1) is 0 Å².